The summed E-state index contributed by atoms with van der Waals surface area (Å²) < 4.78 is 1.70. The van der Waals surface area contributed by atoms with E-state index in [1.165, 1.54) is 23.5 Å². The molecule has 1 aromatic carbocycles. The Labute approximate surface area is 111 Å². The fourth-order valence-electron chi connectivity index (χ4n) is 1.90. The van der Waals surface area contributed by atoms with Crippen molar-refractivity contribution in [1.29, 1.82) is 0 Å². The molecule has 0 saturated heterocycles. The van der Waals surface area contributed by atoms with E-state index >= 15 is 0 Å². The van der Waals surface area contributed by atoms with Crippen LogP contribution in [0.4, 0.5) is 5.82 Å². The zero-order valence-electron chi connectivity index (χ0n) is 10.5. The second kappa shape index (κ2) is 4.69. The first-order valence-corrected chi connectivity index (χ1v) is 7.23. The lowest BCUT2D eigenvalue weighted by Crippen LogP contribution is -1.97. The van der Waals surface area contributed by atoms with Gasteiger partial charge in [-0.15, -0.1) is 11.8 Å². The first kappa shape index (κ1) is 11.7. The maximum atomic E-state index is 5.97. The van der Waals surface area contributed by atoms with Gasteiger partial charge in [0.05, 0.1) is 6.20 Å². The van der Waals surface area contributed by atoms with Gasteiger partial charge in [0.15, 0.2) is 0 Å². The number of nitrogens with two attached hydrogens (primary N) is 1. The van der Waals surface area contributed by atoms with Crippen LogP contribution >= 0.6 is 11.8 Å². The van der Waals surface area contributed by atoms with Crippen molar-refractivity contribution < 1.29 is 0 Å². The summed E-state index contributed by atoms with van der Waals surface area (Å²) in [5.74, 6) is 2.94. The van der Waals surface area contributed by atoms with Gasteiger partial charge in [-0.3, -0.25) is 4.68 Å². The van der Waals surface area contributed by atoms with Gasteiger partial charge in [-0.05, 0) is 36.5 Å². The SMILES string of the molecule is Cn1ncc(-c2ccc(SCC3CC3)cc2)c1N. The fourth-order valence-corrected chi connectivity index (χ4v) is 2.99. The quantitative estimate of drug-likeness (QED) is 0.858. The average molecular weight is 259 g/mol. The molecule has 0 unspecified atom stereocenters. The van der Waals surface area contributed by atoms with Gasteiger partial charge in [-0.25, -0.2) is 0 Å². The van der Waals surface area contributed by atoms with Crippen LogP contribution in [0.5, 0.6) is 0 Å². The molecule has 94 valence electrons. The van der Waals surface area contributed by atoms with Crippen LogP contribution in [0.2, 0.25) is 0 Å². The van der Waals surface area contributed by atoms with E-state index in [1.54, 1.807) is 4.68 Å². The van der Waals surface area contributed by atoms with Crippen molar-refractivity contribution in [2.75, 3.05) is 11.5 Å². The summed E-state index contributed by atoms with van der Waals surface area (Å²) in [4.78, 5) is 1.34. The molecule has 1 aliphatic carbocycles. The average Bonchev–Trinajstić information content (AvgIpc) is 3.16. The van der Waals surface area contributed by atoms with Gasteiger partial charge in [0.1, 0.15) is 5.82 Å². The van der Waals surface area contributed by atoms with Crippen LogP contribution in [0.1, 0.15) is 12.8 Å². The molecule has 2 N–H and O–H groups in total. The van der Waals surface area contributed by atoms with E-state index < -0.39 is 0 Å². The Bertz CT molecular complexity index is 541. The van der Waals surface area contributed by atoms with Gasteiger partial charge in [-0.1, -0.05) is 12.1 Å². The zero-order valence-corrected chi connectivity index (χ0v) is 11.3. The van der Waals surface area contributed by atoms with E-state index in [0.29, 0.717) is 5.82 Å². The van der Waals surface area contributed by atoms with E-state index in [4.69, 9.17) is 5.73 Å². The normalized spacial score (nSPS) is 14.9. The number of aromatic nitrogens is 2. The molecule has 1 heterocycles. The highest BCUT2D eigenvalue weighted by Crippen LogP contribution is 2.35. The Morgan fingerprint density at radius 2 is 2.06 bits per heavy atom. The molecule has 1 aliphatic rings. The van der Waals surface area contributed by atoms with Crippen LogP contribution in [0.3, 0.4) is 0 Å². The highest BCUT2D eigenvalue weighted by atomic mass is 32.2. The van der Waals surface area contributed by atoms with Crippen LogP contribution in [-0.2, 0) is 7.05 Å². The Morgan fingerprint density at radius 1 is 1.33 bits per heavy atom. The second-order valence-electron chi connectivity index (χ2n) is 4.85. The van der Waals surface area contributed by atoms with Gasteiger partial charge in [0.2, 0.25) is 0 Å². The first-order chi connectivity index (χ1) is 8.74. The van der Waals surface area contributed by atoms with Crippen molar-refractivity contribution in [3.63, 3.8) is 0 Å². The van der Waals surface area contributed by atoms with E-state index in [9.17, 15) is 0 Å². The Balaban J connectivity index is 1.75. The number of anilines is 1. The summed E-state index contributed by atoms with van der Waals surface area (Å²) in [5, 5.41) is 4.17. The third-order valence-corrected chi connectivity index (χ3v) is 4.58. The van der Waals surface area contributed by atoms with Crippen molar-refractivity contribution >= 4 is 17.6 Å². The van der Waals surface area contributed by atoms with Crippen molar-refractivity contribution in [2.24, 2.45) is 13.0 Å². The minimum atomic E-state index is 0.716. The summed E-state index contributed by atoms with van der Waals surface area (Å²) in [7, 11) is 1.86. The highest BCUT2D eigenvalue weighted by Gasteiger charge is 2.20. The Morgan fingerprint density at radius 3 is 2.61 bits per heavy atom. The molecule has 3 nitrogen and oxygen atoms in total. The third-order valence-electron chi connectivity index (χ3n) is 3.33. The Kier molecular flexibility index (Phi) is 3.04. The fraction of sp³-hybridized carbons (Fsp3) is 0.357. The van der Waals surface area contributed by atoms with Crippen LogP contribution in [0.15, 0.2) is 35.4 Å². The molecule has 0 bridgehead atoms. The Hall–Kier alpha value is -1.42. The minimum absolute atomic E-state index is 0.716. The van der Waals surface area contributed by atoms with Crippen molar-refractivity contribution in [3.8, 4) is 11.1 Å². The van der Waals surface area contributed by atoms with E-state index in [0.717, 1.165) is 17.0 Å². The lowest BCUT2D eigenvalue weighted by atomic mass is 10.1. The van der Waals surface area contributed by atoms with Gasteiger partial charge in [-0.2, -0.15) is 5.10 Å². The summed E-state index contributed by atoms with van der Waals surface area (Å²) in [6, 6.07) is 8.61. The topological polar surface area (TPSA) is 43.8 Å². The summed E-state index contributed by atoms with van der Waals surface area (Å²) in [5.41, 5.74) is 8.12. The summed E-state index contributed by atoms with van der Waals surface area (Å²) in [6.45, 7) is 0. The molecule has 3 rings (SSSR count). The van der Waals surface area contributed by atoms with Gasteiger partial charge in [0, 0.05) is 23.3 Å². The second-order valence-corrected chi connectivity index (χ2v) is 5.94. The molecule has 2 aromatic rings. The molecule has 0 radical (unpaired) electrons. The molecular weight excluding hydrogens is 242 g/mol. The van der Waals surface area contributed by atoms with Gasteiger partial charge < -0.3 is 5.73 Å². The largest absolute Gasteiger partial charge is 0.383 e. The van der Waals surface area contributed by atoms with Crippen molar-refractivity contribution in [3.05, 3.63) is 30.5 Å². The molecule has 0 spiro atoms. The maximum absolute atomic E-state index is 5.97. The first-order valence-electron chi connectivity index (χ1n) is 6.25. The number of thioether (sulfide) groups is 1. The number of hydrogen-bond acceptors (Lipinski definition) is 3. The summed E-state index contributed by atoms with van der Waals surface area (Å²) >= 11 is 1.95. The lowest BCUT2D eigenvalue weighted by molar-refractivity contribution is 0.779. The molecular formula is C14H17N3S. The van der Waals surface area contributed by atoms with Crippen LogP contribution in [-0.4, -0.2) is 15.5 Å². The van der Waals surface area contributed by atoms with Crippen molar-refractivity contribution in [2.45, 2.75) is 17.7 Å². The molecule has 1 fully saturated rings. The molecule has 0 amide bonds. The lowest BCUT2D eigenvalue weighted by Gasteiger charge is -2.03. The van der Waals surface area contributed by atoms with Crippen LogP contribution in [0.25, 0.3) is 11.1 Å². The van der Waals surface area contributed by atoms with Gasteiger partial charge >= 0.3 is 0 Å². The van der Waals surface area contributed by atoms with Crippen LogP contribution < -0.4 is 5.73 Å². The summed E-state index contributed by atoms with van der Waals surface area (Å²) in [6.07, 6.45) is 4.65. The smallest absolute Gasteiger partial charge is 0.129 e. The van der Waals surface area contributed by atoms with Crippen molar-refractivity contribution in [1.82, 2.24) is 9.78 Å². The van der Waals surface area contributed by atoms with E-state index in [-0.39, 0.29) is 0 Å². The molecule has 0 atom stereocenters. The standard InChI is InChI=1S/C14H17N3S/c1-17-14(15)13(8-16-17)11-4-6-12(7-5-11)18-9-10-2-3-10/h4-8,10H,2-3,9,15H2,1H3. The van der Waals surface area contributed by atoms with Crippen LogP contribution in [0, 0.1) is 5.92 Å². The molecule has 1 saturated carbocycles. The highest BCUT2D eigenvalue weighted by molar-refractivity contribution is 7.99. The number of benzene rings is 1. The maximum Gasteiger partial charge on any atom is 0.129 e. The molecule has 0 aliphatic heterocycles. The number of rotatable bonds is 4. The van der Waals surface area contributed by atoms with E-state index in [1.807, 2.05) is 25.0 Å². The van der Waals surface area contributed by atoms with E-state index in [2.05, 4.69) is 29.4 Å². The number of nitrogen functional groups attached to an aromatic ring is 1. The number of hydrogen-bond donors (Lipinski definition) is 1. The predicted molar refractivity (Wildman–Crippen MR) is 76.5 cm³/mol. The number of aryl methyl sites for hydroxylation is 1. The zero-order chi connectivity index (χ0) is 12.5. The molecule has 18 heavy (non-hydrogen) atoms. The molecule has 1 aromatic heterocycles. The third kappa shape index (κ3) is 2.38. The monoisotopic (exact) mass is 259 g/mol. The molecule has 4 heteroatoms. The van der Waals surface area contributed by atoms with Gasteiger partial charge in [0.25, 0.3) is 0 Å². The number of nitrogens with zero attached hydrogens (tertiary/aromatic N) is 2. The predicted octanol–water partition coefficient (Wildman–Crippen LogP) is 3.17. The minimum Gasteiger partial charge on any atom is -0.383 e.